The van der Waals surface area contributed by atoms with Crippen molar-refractivity contribution in [2.24, 2.45) is 7.05 Å². The number of carbonyl (C=O) groups excluding carboxylic acids is 1. The molecule has 1 aromatic rings. The molecule has 3 nitrogen and oxygen atoms in total. The molecule has 92 valence electrons. The van der Waals surface area contributed by atoms with E-state index in [2.05, 4.69) is 5.10 Å². The van der Waals surface area contributed by atoms with Crippen LogP contribution in [-0.4, -0.2) is 15.6 Å². The monoisotopic (exact) mass is 252 g/mol. The Labute approximate surface area is 106 Å². The number of nitrogens with zero attached hydrogens (tertiary/aromatic N) is 2. The van der Waals surface area contributed by atoms with Crippen LogP contribution < -0.4 is 0 Å². The van der Waals surface area contributed by atoms with Gasteiger partial charge in [-0.1, -0.05) is 24.1 Å². The maximum Gasteiger partial charge on any atom is 0.155 e. The van der Waals surface area contributed by atoms with Gasteiger partial charge in [0.15, 0.2) is 5.78 Å². The molecule has 4 heteroatoms. The minimum absolute atomic E-state index is 0.236. The second-order valence-corrected chi connectivity index (χ2v) is 4.86. The van der Waals surface area contributed by atoms with Crippen molar-refractivity contribution in [2.45, 2.75) is 39.0 Å². The van der Waals surface area contributed by atoms with Crippen molar-refractivity contribution in [1.82, 2.24) is 9.78 Å². The molecule has 0 aromatic carbocycles. The molecule has 0 fully saturated rings. The average Bonchev–Trinajstić information content (AvgIpc) is 2.56. The first-order chi connectivity index (χ1) is 8.11. The molecule has 0 bridgehead atoms. The summed E-state index contributed by atoms with van der Waals surface area (Å²) < 4.78 is 1.83. The summed E-state index contributed by atoms with van der Waals surface area (Å²) in [5.41, 5.74) is 3.13. The fourth-order valence-corrected chi connectivity index (χ4v) is 2.59. The van der Waals surface area contributed by atoms with Crippen LogP contribution in [0.15, 0.2) is 11.6 Å². The van der Waals surface area contributed by atoms with Crippen LogP contribution in [0.25, 0.3) is 0 Å². The van der Waals surface area contributed by atoms with E-state index in [0.29, 0.717) is 6.42 Å². The maximum absolute atomic E-state index is 11.4. The largest absolute Gasteiger partial charge is 0.295 e. The number of hydrogen-bond acceptors (Lipinski definition) is 2. The van der Waals surface area contributed by atoms with Crippen LogP contribution in [0.2, 0.25) is 5.02 Å². The summed E-state index contributed by atoms with van der Waals surface area (Å²) in [5, 5.41) is 5.14. The fraction of sp³-hybridized carbons (Fsp3) is 0.538. The molecule has 1 aliphatic rings. The first kappa shape index (κ1) is 12.4. The topological polar surface area (TPSA) is 34.9 Å². The van der Waals surface area contributed by atoms with E-state index >= 15 is 0 Å². The van der Waals surface area contributed by atoms with E-state index in [0.717, 1.165) is 42.1 Å². The lowest BCUT2D eigenvalue weighted by atomic mass is 9.95. The lowest BCUT2D eigenvalue weighted by Gasteiger charge is -2.12. The van der Waals surface area contributed by atoms with Crippen LogP contribution in [-0.2, 0) is 24.7 Å². The van der Waals surface area contributed by atoms with Crippen LogP contribution in [0.4, 0.5) is 0 Å². The van der Waals surface area contributed by atoms with Crippen LogP contribution >= 0.6 is 11.6 Å². The van der Waals surface area contributed by atoms with Crippen molar-refractivity contribution >= 4 is 17.4 Å². The van der Waals surface area contributed by atoms with Crippen molar-refractivity contribution in [3.63, 3.8) is 0 Å². The van der Waals surface area contributed by atoms with E-state index in [1.54, 1.807) is 6.08 Å². The van der Waals surface area contributed by atoms with E-state index in [4.69, 9.17) is 11.6 Å². The second-order valence-electron chi connectivity index (χ2n) is 4.48. The zero-order valence-corrected chi connectivity index (χ0v) is 11.0. The minimum atomic E-state index is 0.236. The van der Waals surface area contributed by atoms with Gasteiger partial charge >= 0.3 is 0 Å². The minimum Gasteiger partial charge on any atom is -0.295 e. The molecule has 1 aromatic heterocycles. The Morgan fingerprint density at radius 2 is 2.24 bits per heavy atom. The molecule has 0 atom stereocenters. The van der Waals surface area contributed by atoms with Crippen molar-refractivity contribution in [3.05, 3.63) is 28.1 Å². The highest BCUT2D eigenvalue weighted by Crippen LogP contribution is 2.26. The first-order valence-electron chi connectivity index (χ1n) is 6.04. The molecular formula is C13H17ClN2O. The number of ketones is 1. The summed E-state index contributed by atoms with van der Waals surface area (Å²) in [7, 11) is 1.91. The van der Waals surface area contributed by atoms with Crippen LogP contribution in [0.1, 0.15) is 37.6 Å². The summed E-state index contributed by atoms with van der Waals surface area (Å²) in [6.07, 6.45) is 6.00. The average molecular weight is 253 g/mol. The van der Waals surface area contributed by atoms with Crippen LogP contribution in [0.5, 0.6) is 0 Å². The summed E-state index contributed by atoms with van der Waals surface area (Å²) in [4.78, 5) is 11.4. The zero-order chi connectivity index (χ0) is 12.4. The van der Waals surface area contributed by atoms with Gasteiger partial charge in [-0.25, -0.2) is 0 Å². The lowest BCUT2D eigenvalue weighted by molar-refractivity contribution is -0.115. The van der Waals surface area contributed by atoms with Gasteiger partial charge in [-0.05, 0) is 25.3 Å². The van der Waals surface area contributed by atoms with Gasteiger partial charge in [-0.2, -0.15) is 5.10 Å². The predicted octanol–water partition coefficient (Wildman–Crippen LogP) is 2.86. The Morgan fingerprint density at radius 1 is 1.47 bits per heavy atom. The van der Waals surface area contributed by atoms with Crippen molar-refractivity contribution < 1.29 is 4.79 Å². The number of carbonyl (C=O) groups is 1. The van der Waals surface area contributed by atoms with Gasteiger partial charge in [0.25, 0.3) is 0 Å². The number of aryl methyl sites for hydroxylation is 2. The fourth-order valence-electron chi connectivity index (χ4n) is 2.23. The Kier molecular flexibility index (Phi) is 3.67. The van der Waals surface area contributed by atoms with Crippen molar-refractivity contribution in [2.75, 3.05) is 0 Å². The second kappa shape index (κ2) is 5.05. The van der Waals surface area contributed by atoms with Gasteiger partial charge in [0.1, 0.15) is 0 Å². The normalized spacial score (nSPS) is 16.2. The third kappa shape index (κ3) is 2.60. The highest BCUT2D eigenvalue weighted by molar-refractivity contribution is 6.31. The molecule has 0 amide bonds. The molecule has 0 N–H and O–H groups in total. The highest BCUT2D eigenvalue weighted by Gasteiger charge is 2.16. The summed E-state index contributed by atoms with van der Waals surface area (Å²) in [6, 6.07) is 0. The van der Waals surface area contributed by atoms with Crippen molar-refractivity contribution in [1.29, 1.82) is 0 Å². The SMILES string of the molecule is CCc1nn(C)c(CC2=CC(=O)CCC2)c1Cl. The van der Waals surface area contributed by atoms with Crippen molar-refractivity contribution in [3.8, 4) is 0 Å². The Hall–Kier alpha value is -1.09. The number of halogens is 1. The van der Waals surface area contributed by atoms with Crippen LogP contribution in [0.3, 0.4) is 0 Å². The smallest absolute Gasteiger partial charge is 0.155 e. The van der Waals surface area contributed by atoms with E-state index < -0.39 is 0 Å². The van der Waals surface area contributed by atoms with E-state index in [9.17, 15) is 4.79 Å². The number of hydrogen-bond donors (Lipinski definition) is 0. The van der Waals surface area contributed by atoms with Gasteiger partial charge in [0, 0.05) is 19.9 Å². The summed E-state index contributed by atoms with van der Waals surface area (Å²) >= 11 is 6.29. The predicted molar refractivity (Wildman–Crippen MR) is 68.2 cm³/mol. The molecule has 0 saturated carbocycles. The number of allylic oxidation sites excluding steroid dienone is 2. The standard InChI is InChI=1S/C13H17ClN2O/c1-3-11-13(14)12(16(2)15-11)8-9-5-4-6-10(17)7-9/h7H,3-6,8H2,1-2H3. The Morgan fingerprint density at radius 3 is 2.82 bits per heavy atom. The molecule has 0 saturated heterocycles. The van der Waals surface area contributed by atoms with Gasteiger partial charge < -0.3 is 0 Å². The van der Waals surface area contributed by atoms with Crippen LogP contribution in [0, 0.1) is 0 Å². The third-order valence-electron chi connectivity index (χ3n) is 3.18. The van der Waals surface area contributed by atoms with E-state index in [1.807, 2.05) is 18.7 Å². The Bertz CT molecular complexity index is 474. The molecule has 0 radical (unpaired) electrons. The zero-order valence-electron chi connectivity index (χ0n) is 10.3. The highest BCUT2D eigenvalue weighted by atomic mass is 35.5. The molecule has 0 unspecified atom stereocenters. The molecular weight excluding hydrogens is 236 g/mol. The lowest BCUT2D eigenvalue weighted by Crippen LogP contribution is -2.07. The van der Waals surface area contributed by atoms with Gasteiger partial charge in [0.2, 0.25) is 0 Å². The first-order valence-corrected chi connectivity index (χ1v) is 6.42. The summed E-state index contributed by atoms with van der Waals surface area (Å²) in [6.45, 7) is 2.04. The molecule has 0 aliphatic heterocycles. The number of rotatable bonds is 3. The Balaban J connectivity index is 2.24. The maximum atomic E-state index is 11.4. The quantitative estimate of drug-likeness (QED) is 0.829. The van der Waals surface area contributed by atoms with Gasteiger partial charge in [0.05, 0.1) is 16.4 Å². The number of aromatic nitrogens is 2. The van der Waals surface area contributed by atoms with Gasteiger partial charge in [-0.3, -0.25) is 9.48 Å². The molecule has 17 heavy (non-hydrogen) atoms. The summed E-state index contributed by atoms with van der Waals surface area (Å²) in [5.74, 6) is 0.236. The molecule has 0 spiro atoms. The third-order valence-corrected chi connectivity index (χ3v) is 3.62. The van der Waals surface area contributed by atoms with Gasteiger partial charge in [-0.15, -0.1) is 0 Å². The van der Waals surface area contributed by atoms with E-state index in [-0.39, 0.29) is 5.78 Å². The van der Waals surface area contributed by atoms with E-state index in [1.165, 1.54) is 5.57 Å². The molecule has 1 aliphatic carbocycles. The molecule has 2 rings (SSSR count). The molecule has 1 heterocycles.